The number of nitrogens with zero attached hydrogens (tertiary/aromatic N) is 2. The number of hydrogen-bond acceptors (Lipinski definition) is 0. The average molecular weight is 511 g/mol. The number of benzene rings is 5. The van der Waals surface area contributed by atoms with E-state index in [9.17, 15) is 0 Å². The number of para-hydroxylation sites is 2. The molecule has 2 nitrogen and oxygen atoms in total. The van der Waals surface area contributed by atoms with E-state index in [1.165, 1.54) is 60.1 Å². The minimum Gasteiger partial charge on any atom is -0.309 e. The lowest BCUT2D eigenvalue weighted by Gasteiger charge is -2.12. The number of hydrogen-bond donors (Lipinski definition) is 0. The van der Waals surface area contributed by atoms with Crippen molar-refractivity contribution >= 4 is 54.4 Å². The van der Waals surface area contributed by atoms with E-state index < -0.39 is 0 Å². The van der Waals surface area contributed by atoms with Crippen LogP contribution in [0.25, 0.3) is 65.8 Å². The van der Waals surface area contributed by atoms with Gasteiger partial charge < -0.3 is 9.13 Å². The Balaban J connectivity index is 1.54. The molecule has 0 aliphatic rings. The van der Waals surface area contributed by atoms with Gasteiger partial charge in [0.05, 0.1) is 27.8 Å². The summed E-state index contributed by atoms with van der Waals surface area (Å²) >= 11 is 0. The SMILES string of the molecule is c1ccccc(-n2c3ccccc3c3cc4c(cc32)c2ccccc2n4-c2cccc3ccccc23)cccc1. The molecule has 0 saturated heterocycles. The van der Waals surface area contributed by atoms with Crippen LogP contribution in [0.15, 0.2) is 158 Å². The molecule has 0 radical (unpaired) electrons. The second-order valence-electron chi connectivity index (χ2n) is 10.2. The second kappa shape index (κ2) is 9.14. The third kappa shape index (κ3) is 3.43. The van der Waals surface area contributed by atoms with E-state index in [1.54, 1.807) is 0 Å². The minimum absolute atomic E-state index is 1.12. The molecule has 0 unspecified atom stereocenters. The lowest BCUT2D eigenvalue weighted by Crippen LogP contribution is -1.95. The molecule has 0 N–H and O–H groups in total. The van der Waals surface area contributed by atoms with Gasteiger partial charge in [-0.15, -0.1) is 0 Å². The van der Waals surface area contributed by atoms with Crippen molar-refractivity contribution in [3.05, 3.63) is 158 Å². The van der Waals surface area contributed by atoms with Crippen molar-refractivity contribution < 1.29 is 0 Å². The molecular weight excluding hydrogens is 484 g/mol. The van der Waals surface area contributed by atoms with Gasteiger partial charge in [-0.1, -0.05) is 115 Å². The molecule has 0 atom stereocenters. The van der Waals surface area contributed by atoms with Crippen molar-refractivity contribution in [1.82, 2.24) is 9.13 Å². The van der Waals surface area contributed by atoms with E-state index in [0.29, 0.717) is 0 Å². The summed E-state index contributed by atoms with van der Waals surface area (Å²) < 4.78 is 4.84. The normalized spacial score (nSPS) is 11.5. The summed E-state index contributed by atoms with van der Waals surface area (Å²) in [5, 5.41) is 7.50. The molecule has 188 valence electrons. The van der Waals surface area contributed by atoms with Gasteiger partial charge in [-0.25, -0.2) is 0 Å². The lowest BCUT2D eigenvalue weighted by atomic mass is 10.1. The fourth-order valence-corrected chi connectivity index (χ4v) is 6.21. The first-order valence-corrected chi connectivity index (χ1v) is 13.7. The number of rotatable bonds is 2. The van der Waals surface area contributed by atoms with Crippen molar-refractivity contribution in [1.29, 1.82) is 0 Å². The summed E-state index contributed by atoms with van der Waals surface area (Å²) in [6.07, 6.45) is 0. The lowest BCUT2D eigenvalue weighted by molar-refractivity contribution is 1.18. The zero-order valence-corrected chi connectivity index (χ0v) is 21.9. The largest absolute Gasteiger partial charge is 0.309 e. The Kier molecular flexibility index (Phi) is 5.17. The highest BCUT2D eigenvalue weighted by Gasteiger charge is 2.18. The van der Waals surface area contributed by atoms with Gasteiger partial charge in [-0.05, 0) is 47.9 Å². The predicted molar refractivity (Wildman–Crippen MR) is 170 cm³/mol. The molecule has 0 aliphatic heterocycles. The van der Waals surface area contributed by atoms with Crippen molar-refractivity contribution in [2.45, 2.75) is 0 Å². The highest BCUT2D eigenvalue weighted by molar-refractivity contribution is 6.19. The van der Waals surface area contributed by atoms with Crippen LogP contribution in [0.5, 0.6) is 0 Å². The molecule has 0 amide bonds. The van der Waals surface area contributed by atoms with Crippen LogP contribution in [0, 0.1) is 0 Å². The number of aromatic nitrogens is 2. The molecule has 2 aromatic heterocycles. The Morgan fingerprint density at radius 3 is 1.45 bits per heavy atom. The maximum absolute atomic E-state index is 2.45. The zero-order valence-electron chi connectivity index (χ0n) is 21.9. The first-order chi connectivity index (χ1) is 19.9. The van der Waals surface area contributed by atoms with E-state index in [-0.39, 0.29) is 0 Å². The molecule has 0 spiro atoms. The van der Waals surface area contributed by atoms with Crippen molar-refractivity contribution in [3.63, 3.8) is 0 Å². The van der Waals surface area contributed by atoms with Crippen LogP contribution in [0.3, 0.4) is 0 Å². The molecule has 8 aromatic rings. The topological polar surface area (TPSA) is 9.86 Å². The Hall–Kier alpha value is -5.34. The standard InChI is InChI=1S/C38H26N2/c1-2-4-6-17-28(18-7-5-3-1)39-35-22-12-10-20-30(35)32-26-38-33(25-37(32)39)31-21-11-13-23-36(31)40(38)34-24-14-16-27-15-8-9-19-29(27)34/h1-26H. The molecule has 2 heteroatoms. The average Bonchev–Trinajstić information content (AvgIpc) is 3.50. The molecule has 0 aliphatic carbocycles. The zero-order chi connectivity index (χ0) is 26.5. The fourth-order valence-electron chi connectivity index (χ4n) is 6.21. The Morgan fingerprint density at radius 2 is 0.775 bits per heavy atom. The van der Waals surface area contributed by atoms with Crippen LogP contribution in [-0.4, -0.2) is 9.13 Å². The second-order valence-corrected chi connectivity index (χ2v) is 10.2. The van der Waals surface area contributed by atoms with Gasteiger partial charge in [0.15, 0.2) is 0 Å². The third-order valence-electron chi connectivity index (χ3n) is 7.93. The van der Waals surface area contributed by atoms with Crippen molar-refractivity contribution in [3.8, 4) is 11.4 Å². The van der Waals surface area contributed by atoms with Gasteiger partial charge in [0.2, 0.25) is 0 Å². The van der Waals surface area contributed by atoms with Crippen LogP contribution in [-0.2, 0) is 0 Å². The highest BCUT2D eigenvalue weighted by Crippen LogP contribution is 2.40. The van der Waals surface area contributed by atoms with Gasteiger partial charge >= 0.3 is 0 Å². The van der Waals surface area contributed by atoms with Crippen LogP contribution in [0.1, 0.15) is 0 Å². The minimum atomic E-state index is 1.12. The molecule has 0 fully saturated rings. The van der Waals surface area contributed by atoms with Crippen molar-refractivity contribution in [2.24, 2.45) is 0 Å². The maximum Gasteiger partial charge on any atom is 0.0549 e. The predicted octanol–water partition coefficient (Wildman–Crippen LogP) is 10.2. The van der Waals surface area contributed by atoms with Crippen molar-refractivity contribution in [2.75, 3.05) is 0 Å². The van der Waals surface area contributed by atoms with Crippen LogP contribution in [0.4, 0.5) is 0 Å². The smallest absolute Gasteiger partial charge is 0.0549 e. The number of fused-ring (bicyclic) bond motifs is 7. The van der Waals surface area contributed by atoms with Crippen LogP contribution < -0.4 is 0 Å². The quantitative estimate of drug-likeness (QED) is 0.219. The molecular formula is C38H26N2. The molecule has 40 heavy (non-hydrogen) atoms. The fraction of sp³-hybridized carbons (Fsp3) is 0. The molecule has 2 heterocycles. The van der Waals surface area contributed by atoms with Gasteiger partial charge in [-0.2, -0.15) is 0 Å². The van der Waals surface area contributed by atoms with Gasteiger partial charge in [0.1, 0.15) is 0 Å². The van der Waals surface area contributed by atoms with E-state index in [4.69, 9.17) is 0 Å². The van der Waals surface area contributed by atoms with E-state index in [2.05, 4.69) is 161 Å². The summed E-state index contributed by atoms with van der Waals surface area (Å²) in [5.41, 5.74) is 7.17. The van der Waals surface area contributed by atoms with Gasteiger partial charge in [-0.3, -0.25) is 0 Å². The van der Waals surface area contributed by atoms with Crippen LogP contribution in [0.2, 0.25) is 0 Å². The molecule has 8 rings (SSSR count). The summed E-state index contributed by atoms with van der Waals surface area (Å²) in [4.78, 5) is 0. The van der Waals surface area contributed by atoms with Crippen LogP contribution >= 0.6 is 0 Å². The molecule has 6 aromatic carbocycles. The molecule has 0 bridgehead atoms. The Bertz CT molecular complexity index is 2250. The third-order valence-corrected chi connectivity index (χ3v) is 7.93. The summed E-state index contributed by atoms with van der Waals surface area (Å²) in [5.74, 6) is 0. The monoisotopic (exact) mass is 510 g/mol. The summed E-state index contributed by atoms with van der Waals surface area (Å²) in [6, 6.07) is 56.5. The van der Waals surface area contributed by atoms with E-state index >= 15 is 0 Å². The first kappa shape index (κ1) is 22.6. The van der Waals surface area contributed by atoms with Gasteiger partial charge in [0.25, 0.3) is 0 Å². The summed E-state index contributed by atoms with van der Waals surface area (Å²) in [7, 11) is 0. The highest BCUT2D eigenvalue weighted by atomic mass is 15.0. The van der Waals surface area contributed by atoms with E-state index in [1.807, 2.05) is 6.07 Å². The maximum atomic E-state index is 2.45. The van der Waals surface area contributed by atoms with Gasteiger partial charge in [0, 0.05) is 32.6 Å². The first-order valence-electron chi connectivity index (χ1n) is 13.7. The summed E-state index contributed by atoms with van der Waals surface area (Å²) in [6.45, 7) is 0. The van der Waals surface area contributed by atoms with E-state index in [0.717, 1.165) is 5.69 Å². The molecule has 0 saturated carbocycles. The Labute approximate surface area is 232 Å². The Morgan fingerprint density at radius 1 is 0.300 bits per heavy atom.